The lowest BCUT2D eigenvalue weighted by molar-refractivity contribution is -0.137. The number of hydrogen-bond acceptors (Lipinski definition) is 7. The summed E-state index contributed by atoms with van der Waals surface area (Å²) >= 11 is 2.45. The van der Waals surface area contributed by atoms with E-state index in [0.717, 1.165) is 5.56 Å². The molecule has 0 saturated carbocycles. The van der Waals surface area contributed by atoms with Crippen LogP contribution in [0.1, 0.15) is 36.1 Å². The number of aliphatic carboxylic acids is 1. The van der Waals surface area contributed by atoms with Gasteiger partial charge in [0, 0.05) is 18.5 Å². The Hall–Kier alpha value is -3.35. The average Bonchev–Trinajstić information content (AvgIpc) is 3.32. The van der Waals surface area contributed by atoms with Gasteiger partial charge in [0.1, 0.15) is 5.84 Å². The first-order valence-corrected chi connectivity index (χ1v) is 15.3. The Labute approximate surface area is 230 Å². The molecule has 12 heteroatoms. The maximum absolute atomic E-state index is 13.6. The maximum atomic E-state index is 13.6. The molecule has 0 aliphatic heterocycles. The number of nitrogens with one attached hydrogen (secondary N) is 3. The Morgan fingerprint density at radius 3 is 2.53 bits per heavy atom. The van der Waals surface area contributed by atoms with Crippen molar-refractivity contribution >= 4 is 56.5 Å². The molecule has 2 aromatic carbocycles. The number of thioether (sulfide) groups is 1. The fourth-order valence-corrected chi connectivity index (χ4v) is 7.77. The highest BCUT2D eigenvalue weighted by atomic mass is 32.2. The van der Waals surface area contributed by atoms with Crippen LogP contribution in [0.25, 0.3) is 11.1 Å². The second-order valence-electron chi connectivity index (χ2n) is 8.49. The normalized spacial score (nSPS) is 11.2. The van der Waals surface area contributed by atoms with Gasteiger partial charge < -0.3 is 21.5 Å². The van der Waals surface area contributed by atoms with E-state index in [-0.39, 0.29) is 22.0 Å². The predicted octanol–water partition coefficient (Wildman–Crippen LogP) is 5.33. The number of amides is 2. The minimum absolute atomic E-state index is 0.0956. The zero-order valence-electron chi connectivity index (χ0n) is 21.0. The molecular formula is C26H30N4O5S3. The van der Waals surface area contributed by atoms with Crippen LogP contribution in [0.15, 0.2) is 62.5 Å². The molecule has 0 radical (unpaired) electrons. The second kappa shape index (κ2) is 12.9. The number of aryl methyl sites for hydroxylation is 1. The van der Waals surface area contributed by atoms with Gasteiger partial charge in [-0.2, -0.15) is 0 Å². The lowest BCUT2D eigenvalue weighted by Crippen LogP contribution is -2.29. The Balaban J connectivity index is 1.85. The molecule has 0 atom stereocenters. The van der Waals surface area contributed by atoms with Crippen molar-refractivity contribution in [1.82, 2.24) is 5.32 Å². The highest BCUT2D eigenvalue weighted by Gasteiger charge is 2.25. The Kier molecular flexibility index (Phi) is 9.95. The van der Waals surface area contributed by atoms with Crippen molar-refractivity contribution in [3.8, 4) is 11.1 Å². The summed E-state index contributed by atoms with van der Waals surface area (Å²) in [4.78, 5) is 23.7. The summed E-state index contributed by atoms with van der Waals surface area (Å²) < 4.78 is 27.7. The fraction of sp³-hybridized carbons (Fsp3) is 0.269. The van der Waals surface area contributed by atoms with Gasteiger partial charge in [-0.15, -0.1) is 23.1 Å². The molecular weight excluding hydrogens is 545 g/mol. The summed E-state index contributed by atoms with van der Waals surface area (Å²) in [6.45, 7) is 2.28. The predicted molar refractivity (Wildman–Crippen MR) is 152 cm³/mol. The van der Waals surface area contributed by atoms with Crippen molar-refractivity contribution in [1.29, 1.82) is 5.41 Å². The topological polar surface area (TPSA) is 162 Å². The largest absolute Gasteiger partial charge is 0.481 e. The summed E-state index contributed by atoms with van der Waals surface area (Å²) in [5.41, 5.74) is 8.30. The SMILES string of the molecule is CSc1sc(C(=N)N)cc1S(=O)(=O)c1cccc(-c2c(C)cccc2NC(=O)NCCCCCC(=O)O)c1. The van der Waals surface area contributed by atoms with E-state index in [9.17, 15) is 18.0 Å². The van der Waals surface area contributed by atoms with E-state index >= 15 is 0 Å². The number of anilines is 1. The van der Waals surface area contributed by atoms with Crippen LogP contribution < -0.4 is 16.4 Å². The van der Waals surface area contributed by atoms with Crippen molar-refractivity contribution in [2.75, 3.05) is 18.1 Å². The van der Waals surface area contributed by atoms with Gasteiger partial charge in [0.15, 0.2) is 0 Å². The average molecular weight is 575 g/mol. The summed E-state index contributed by atoms with van der Waals surface area (Å²) in [6, 6.07) is 13.0. The number of benzene rings is 2. The number of nitrogens with two attached hydrogens (primary N) is 1. The molecule has 0 bridgehead atoms. The highest BCUT2D eigenvalue weighted by molar-refractivity contribution is 8.01. The summed E-state index contributed by atoms with van der Waals surface area (Å²) in [6.07, 6.45) is 3.79. The zero-order valence-corrected chi connectivity index (χ0v) is 23.5. The Morgan fingerprint density at radius 2 is 1.84 bits per heavy atom. The van der Waals surface area contributed by atoms with E-state index in [0.29, 0.717) is 51.7 Å². The molecule has 0 spiro atoms. The lowest BCUT2D eigenvalue weighted by Gasteiger charge is -2.16. The van der Waals surface area contributed by atoms with Gasteiger partial charge in [-0.25, -0.2) is 13.2 Å². The van der Waals surface area contributed by atoms with Crippen molar-refractivity contribution in [3.05, 3.63) is 59.0 Å². The molecule has 3 rings (SSSR count). The number of urea groups is 1. The Morgan fingerprint density at radius 1 is 1.11 bits per heavy atom. The van der Waals surface area contributed by atoms with Crippen molar-refractivity contribution < 1.29 is 23.1 Å². The van der Waals surface area contributed by atoms with Crippen LogP contribution in [-0.2, 0) is 14.6 Å². The molecule has 0 unspecified atom stereocenters. The first-order valence-electron chi connectivity index (χ1n) is 11.8. The lowest BCUT2D eigenvalue weighted by atomic mass is 9.98. The van der Waals surface area contributed by atoms with Gasteiger partial charge in [0.25, 0.3) is 0 Å². The van der Waals surface area contributed by atoms with Crippen molar-refractivity contribution in [2.24, 2.45) is 5.73 Å². The summed E-state index contributed by atoms with van der Waals surface area (Å²) in [5, 5.41) is 22.0. The molecule has 0 aliphatic carbocycles. The van der Waals surface area contributed by atoms with Crippen LogP contribution in [0.3, 0.4) is 0 Å². The van der Waals surface area contributed by atoms with Gasteiger partial charge in [0.2, 0.25) is 9.84 Å². The molecule has 202 valence electrons. The van der Waals surface area contributed by atoms with E-state index in [2.05, 4.69) is 10.6 Å². The second-order valence-corrected chi connectivity index (χ2v) is 12.5. The number of carbonyl (C=O) groups is 2. The summed E-state index contributed by atoms with van der Waals surface area (Å²) in [7, 11) is -3.90. The molecule has 38 heavy (non-hydrogen) atoms. The van der Waals surface area contributed by atoms with Crippen LogP contribution >= 0.6 is 23.1 Å². The maximum Gasteiger partial charge on any atom is 0.319 e. The minimum Gasteiger partial charge on any atom is -0.481 e. The smallest absolute Gasteiger partial charge is 0.319 e. The number of amidine groups is 1. The summed E-state index contributed by atoms with van der Waals surface area (Å²) in [5.74, 6) is -1.02. The van der Waals surface area contributed by atoms with Gasteiger partial charge >= 0.3 is 12.0 Å². The number of carbonyl (C=O) groups excluding carboxylic acids is 1. The number of nitrogen functional groups attached to an aromatic ring is 1. The number of thiophene rings is 1. The molecule has 3 aromatic rings. The third-order valence-corrected chi connectivity index (χ3v) is 10.1. The van der Waals surface area contributed by atoms with Crippen LogP contribution in [-0.4, -0.2) is 44.2 Å². The third kappa shape index (κ3) is 7.15. The molecule has 0 aliphatic rings. The van der Waals surface area contributed by atoms with Crippen LogP contribution in [0.2, 0.25) is 0 Å². The molecule has 0 fully saturated rings. The first-order chi connectivity index (χ1) is 18.0. The number of unbranched alkanes of at least 4 members (excludes halogenated alkanes) is 2. The third-order valence-electron chi connectivity index (χ3n) is 5.71. The van der Waals surface area contributed by atoms with E-state index < -0.39 is 21.8 Å². The highest BCUT2D eigenvalue weighted by Crippen LogP contribution is 2.38. The number of carboxylic acid groups (broad SMARTS) is 1. The van der Waals surface area contributed by atoms with Gasteiger partial charge in [0.05, 0.1) is 24.6 Å². The molecule has 9 nitrogen and oxygen atoms in total. The van der Waals surface area contributed by atoms with Crippen molar-refractivity contribution in [2.45, 2.75) is 46.6 Å². The number of carboxylic acids is 1. The number of rotatable bonds is 12. The minimum atomic E-state index is -3.90. The van der Waals surface area contributed by atoms with E-state index in [1.54, 1.807) is 36.6 Å². The molecule has 1 aromatic heterocycles. The quantitative estimate of drug-likeness (QED) is 0.0845. The molecule has 6 N–H and O–H groups in total. The van der Waals surface area contributed by atoms with E-state index in [4.69, 9.17) is 16.2 Å². The Bertz CT molecular complexity index is 1450. The van der Waals surface area contributed by atoms with Gasteiger partial charge in [-0.05, 0) is 61.4 Å². The fourth-order valence-electron chi connectivity index (χ4n) is 3.87. The van der Waals surface area contributed by atoms with Crippen molar-refractivity contribution in [3.63, 3.8) is 0 Å². The standard InChI is InChI=1S/C26H30N4O5S3/c1-16-8-6-11-19(30-26(33)29-13-5-3-4-12-22(31)32)23(16)17-9-7-10-18(14-17)38(34,35)21-15-20(24(27)28)37-25(21)36-2/h6-11,14-15H,3-5,12-13H2,1-2H3,(H3,27,28)(H,31,32)(H2,29,30,33). The molecule has 1 heterocycles. The molecule has 2 amide bonds. The number of sulfone groups is 1. The first kappa shape index (κ1) is 29.2. The van der Waals surface area contributed by atoms with E-state index in [1.807, 2.05) is 13.0 Å². The van der Waals surface area contributed by atoms with Gasteiger partial charge in [-0.1, -0.05) is 30.7 Å². The molecule has 0 saturated heterocycles. The van der Waals surface area contributed by atoms with Crippen LogP contribution in [0, 0.1) is 12.3 Å². The number of hydrogen-bond donors (Lipinski definition) is 5. The van der Waals surface area contributed by atoms with E-state index in [1.165, 1.54) is 35.2 Å². The van der Waals surface area contributed by atoms with Crippen LogP contribution in [0.4, 0.5) is 10.5 Å². The van der Waals surface area contributed by atoms with Gasteiger partial charge in [-0.3, -0.25) is 10.2 Å². The zero-order chi connectivity index (χ0) is 27.9. The van der Waals surface area contributed by atoms with Crippen LogP contribution in [0.5, 0.6) is 0 Å². The monoisotopic (exact) mass is 574 g/mol.